The molecule has 7 nitrogen and oxygen atoms in total. The quantitative estimate of drug-likeness (QED) is 0.414. The Bertz CT molecular complexity index is 1220. The average Bonchev–Trinajstić information content (AvgIpc) is 2.76. The Morgan fingerprint density at radius 1 is 0.933 bits per heavy atom. The number of benzene rings is 3. The molecule has 0 saturated carbocycles. The Morgan fingerprint density at radius 3 is 2.37 bits per heavy atom. The van der Waals surface area contributed by atoms with Gasteiger partial charge in [0, 0.05) is 0 Å². The van der Waals surface area contributed by atoms with Gasteiger partial charge in [0.15, 0.2) is 0 Å². The number of anilines is 1. The fourth-order valence-electron chi connectivity index (χ4n) is 3.29. The van der Waals surface area contributed by atoms with Gasteiger partial charge in [-0.2, -0.15) is 0 Å². The van der Waals surface area contributed by atoms with Gasteiger partial charge in [-0.15, -0.1) is 0 Å². The van der Waals surface area contributed by atoms with Crippen LogP contribution in [0.25, 0.3) is 16.8 Å². The van der Waals surface area contributed by atoms with E-state index in [0.717, 1.165) is 15.7 Å². The number of fused-ring (bicyclic) bond motifs is 1. The summed E-state index contributed by atoms with van der Waals surface area (Å²) in [5.74, 6) is -2.05. The second kappa shape index (κ2) is 7.63. The van der Waals surface area contributed by atoms with E-state index >= 15 is 0 Å². The Hall–Kier alpha value is -4.26. The van der Waals surface area contributed by atoms with E-state index in [9.17, 15) is 19.2 Å². The summed E-state index contributed by atoms with van der Waals surface area (Å²) in [5.41, 5.74) is 1.01. The van der Waals surface area contributed by atoms with Crippen molar-refractivity contribution >= 4 is 46.4 Å². The summed E-state index contributed by atoms with van der Waals surface area (Å²) >= 11 is 0. The summed E-state index contributed by atoms with van der Waals surface area (Å²) in [6, 6.07) is 18.0. The molecular weight excluding hydrogens is 384 g/mol. The van der Waals surface area contributed by atoms with Crippen molar-refractivity contribution in [2.24, 2.45) is 0 Å². The average molecular weight is 400 g/mol. The summed E-state index contributed by atoms with van der Waals surface area (Å²) < 4.78 is 4.64. The van der Waals surface area contributed by atoms with E-state index in [1.165, 1.54) is 37.5 Å². The summed E-state index contributed by atoms with van der Waals surface area (Å²) in [5, 5.41) is 4.03. The summed E-state index contributed by atoms with van der Waals surface area (Å²) in [4.78, 5) is 50.3. The van der Waals surface area contributed by atoms with E-state index in [1.807, 2.05) is 36.4 Å². The summed E-state index contributed by atoms with van der Waals surface area (Å²) in [7, 11) is 1.26. The molecule has 0 bridgehead atoms. The van der Waals surface area contributed by atoms with E-state index in [4.69, 9.17) is 0 Å². The van der Waals surface area contributed by atoms with Crippen LogP contribution in [-0.4, -0.2) is 30.9 Å². The number of amides is 4. The second-order valence-electron chi connectivity index (χ2n) is 6.56. The lowest BCUT2D eigenvalue weighted by Crippen LogP contribution is -2.54. The number of ether oxygens (including phenoxy) is 1. The van der Waals surface area contributed by atoms with Crippen LogP contribution in [0.1, 0.15) is 15.9 Å². The molecule has 1 aliphatic rings. The number of hydrogen-bond acceptors (Lipinski definition) is 5. The molecule has 0 atom stereocenters. The van der Waals surface area contributed by atoms with Crippen molar-refractivity contribution in [3.63, 3.8) is 0 Å². The van der Waals surface area contributed by atoms with Gasteiger partial charge in [0.1, 0.15) is 5.57 Å². The van der Waals surface area contributed by atoms with Gasteiger partial charge in [-0.05, 0) is 46.7 Å². The van der Waals surface area contributed by atoms with Gasteiger partial charge in [-0.25, -0.2) is 14.5 Å². The molecule has 0 radical (unpaired) electrons. The SMILES string of the molecule is COC(=O)c1ccc(N2C(=O)NC(=O)/C(=C/c3cccc4ccccc34)C2=O)cc1. The first-order valence-electron chi connectivity index (χ1n) is 9.07. The molecule has 148 valence electrons. The zero-order valence-electron chi connectivity index (χ0n) is 15.9. The minimum absolute atomic E-state index is 0.164. The lowest BCUT2D eigenvalue weighted by atomic mass is 10.0. The van der Waals surface area contributed by atoms with Gasteiger partial charge < -0.3 is 4.74 Å². The van der Waals surface area contributed by atoms with Gasteiger partial charge in [0.05, 0.1) is 18.4 Å². The molecule has 3 aromatic rings. The van der Waals surface area contributed by atoms with Crippen LogP contribution in [0.4, 0.5) is 10.5 Å². The highest BCUT2D eigenvalue weighted by Crippen LogP contribution is 2.25. The Morgan fingerprint density at radius 2 is 1.63 bits per heavy atom. The minimum Gasteiger partial charge on any atom is -0.465 e. The van der Waals surface area contributed by atoms with Crippen molar-refractivity contribution in [2.75, 3.05) is 12.0 Å². The zero-order valence-corrected chi connectivity index (χ0v) is 15.9. The molecule has 4 rings (SSSR count). The molecule has 3 aromatic carbocycles. The molecule has 0 aliphatic carbocycles. The van der Waals surface area contributed by atoms with Gasteiger partial charge in [0.25, 0.3) is 11.8 Å². The Kier molecular flexibility index (Phi) is 4.85. The van der Waals surface area contributed by atoms with Crippen molar-refractivity contribution in [3.05, 3.63) is 83.4 Å². The third-order valence-corrected chi connectivity index (χ3v) is 4.77. The first-order chi connectivity index (χ1) is 14.5. The first-order valence-corrected chi connectivity index (χ1v) is 9.07. The van der Waals surface area contributed by atoms with E-state index < -0.39 is 23.8 Å². The van der Waals surface area contributed by atoms with Crippen LogP contribution < -0.4 is 10.2 Å². The number of methoxy groups -OCH3 is 1. The number of hydrogen-bond donors (Lipinski definition) is 1. The Labute approximate surface area is 171 Å². The van der Waals surface area contributed by atoms with Crippen molar-refractivity contribution in [1.82, 2.24) is 5.32 Å². The largest absolute Gasteiger partial charge is 0.465 e. The van der Waals surface area contributed by atoms with Crippen molar-refractivity contribution in [2.45, 2.75) is 0 Å². The van der Waals surface area contributed by atoms with Crippen molar-refractivity contribution in [1.29, 1.82) is 0 Å². The molecule has 0 unspecified atom stereocenters. The normalized spacial score (nSPS) is 15.4. The zero-order chi connectivity index (χ0) is 21.3. The highest BCUT2D eigenvalue weighted by atomic mass is 16.5. The first kappa shape index (κ1) is 19.1. The van der Waals surface area contributed by atoms with Gasteiger partial charge in [-0.1, -0.05) is 42.5 Å². The fourth-order valence-corrected chi connectivity index (χ4v) is 3.29. The number of carbonyl (C=O) groups is 4. The van der Waals surface area contributed by atoms with Crippen LogP contribution in [0.3, 0.4) is 0 Å². The fraction of sp³-hybridized carbons (Fsp3) is 0.0435. The van der Waals surface area contributed by atoms with Crippen molar-refractivity contribution < 1.29 is 23.9 Å². The number of nitrogens with one attached hydrogen (secondary N) is 1. The number of nitrogens with zero attached hydrogens (tertiary/aromatic N) is 1. The van der Waals surface area contributed by atoms with E-state index in [-0.39, 0.29) is 16.8 Å². The summed E-state index contributed by atoms with van der Waals surface area (Å²) in [6.07, 6.45) is 1.47. The van der Waals surface area contributed by atoms with Gasteiger partial charge >= 0.3 is 12.0 Å². The highest BCUT2D eigenvalue weighted by molar-refractivity contribution is 6.39. The van der Waals surface area contributed by atoms with E-state index in [0.29, 0.717) is 5.56 Å². The van der Waals surface area contributed by atoms with E-state index in [2.05, 4.69) is 10.1 Å². The molecule has 7 heteroatoms. The number of urea groups is 1. The molecule has 1 heterocycles. The minimum atomic E-state index is -0.856. The predicted molar refractivity (Wildman–Crippen MR) is 111 cm³/mol. The highest BCUT2D eigenvalue weighted by Gasteiger charge is 2.36. The molecule has 1 aliphatic heterocycles. The number of esters is 1. The smallest absolute Gasteiger partial charge is 0.337 e. The van der Waals surface area contributed by atoms with Crippen LogP contribution in [0.5, 0.6) is 0 Å². The van der Waals surface area contributed by atoms with Crippen LogP contribution in [0, 0.1) is 0 Å². The molecule has 4 amide bonds. The van der Waals surface area contributed by atoms with Crippen LogP contribution >= 0.6 is 0 Å². The second-order valence-corrected chi connectivity index (χ2v) is 6.56. The van der Waals surface area contributed by atoms with Crippen LogP contribution in [0.15, 0.2) is 72.3 Å². The number of rotatable bonds is 3. The number of carbonyl (C=O) groups excluding carboxylic acids is 4. The molecule has 1 N–H and O–H groups in total. The molecule has 30 heavy (non-hydrogen) atoms. The van der Waals surface area contributed by atoms with Gasteiger partial charge in [-0.3, -0.25) is 14.9 Å². The third kappa shape index (κ3) is 3.33. The van der Waals surface area contributed by atoms with Crippen LogP contribution in [0.2, 0.25) is 0 Å². The predicted octanol–water partition coefficient (Wildman–Crippen LogP) is 3.29. The lowest BCUT2D eigenvalue weighted by molar-refractivity contribution is -0.122. The maximum Gasteiger partial charge on any atom is 0.337 e. The van der Waals surface area contributed by atoms with E-state index in [1.54, 1.807) is 6.07 Å². The Balaban J connectivity index is 1.74. The van der Waals surface area contributed by atoms with Crippen molar-refractivity contribution in [3.8, 4) is 0 Å². The van der Waals surface area contributed by atoms with Crippen LogP contribution in [-0.2, 0) is 14.3 Å². The topological polar surface area (TPSA) is 92.8 Å². The number of barbiturate groups is 1. The maximum absolute atomic E-state index is 13.0. The third-order valence-electron chi connectivity index (χ3n) is 4.77. The molecule has 0 aromatic heterocycles. The van der Waals surface area contributed by atoms with Gasteiger partial charge in [0.2, 0.25) is 0 Å². The molecule has 1 fully saturated rings. The molecule has 0 spiro atoms. The molecule has 1 saturated heterocycles. The summed E-state index contributed by atoms with van der Waals surface area (Å²) in [6.45, 7) is 0. The monoisotopic (exact) mass is 400 g/mol. The number of imide groups is 2. The lowest BCUT2D eigenvalue weighted by Gasteiger charge is -2.26. The maximum atomic E-state index is 13.0. The molecular formula is C23H16N2O5. The standard InChI is InChI=1S/C23H16N2O5/c1-30-22(28)15-9-11-17(12-10-15)25-21(27)19(20(26)24-23(25)29)13-16-7-4-6-14-5-2-3-8-18(14)16/h2-13H,1H3,(H,24,26,29)/b19-13-.